The zero-order valence-electron chi connectivity index (χ0n) is 5.29. The number of hydrogen-bond donors (Lipinski definition) is 1. The van der Waals surface area contributed by atoms with Crippen LogP contribution < -0.4 is 0 Å². The van der Waals surface area contributed by atoms with Crippen LogP contribution in [0.1, 0.15) is 20.3 Å². The van der Waals surface area contributed by atoms with Crippen molar-refractivity contribution in [1.29, 1.82) is 0 Å². The maximum Gasteiger partial charge on any atom is 0.300 e. The zero-order chi connectivity index (χ0) is 6.99. The Labute approximate surface area is 64.4 Å². The number of carbonyl (C=O) groups is 1. The van der Waals surface area contributed by atoms with E-state index in [-0.39, 0.29) is 16.5 Å². The number of carboxylic acids is 1. The van der Waals surface area contributed by atoms with Crippen LogP contribution in [0.25, 0.3) is 0 Å². The van der Waals surface area contributed by atoms with Crippen LogP contribution in [0, 0.1) is 0 Å². The zero-order valence-corrected chi connectivity index (χ0v) is 6.27. The Morgan fingerprint density at radius 2 is 1.78 bits per heavy atom. The molecule has 0 saturated heterocycles. The number of aliphatic carboxylic acids is 1. The summed E-state index contributed by atoms with van der Waals surface area (Å²) in [5.74, 6) is -0.833. The van der Waals surface area contributed by atoms with Crippen LogP contribution in [-0.4, -0.2) is 17.4 Å². The van der Waals surface area contributed by atoms with Crippen molar-refractivity contribution in [2.24, 2.45) is 0 Å². The third-order valence-corrected chi connectivity index (χ3v) is 0.144. The molecule has 0 heterocycles. The van der Waals surface area contributed by atoms with Gasteiger partial charge >= 0.3 is 0 Å². The maximum atomic E-state index is 9.05. The molecule has 1 N–H and O–H groups in total. The standard InChI is InChI=1S/C3H5O.C2H4O2.Ni/c1-2-3-4;1-2(3)4;/h2H2,1H3;1H3,(H,3,4);/q-1;;. The van der Waals surface area contributed by atoms with Gasteiger partial charge in [0.1, 0.15) is 0 Å². The molecule has 0 fully saturated rings. The molecule has 9 heavy (non-hydrogen) atoms. The molecule has 0 bridgehead atoms. The van der Waals surface area contributed by atoms with Gasteiger partial charge in [-0.2, -0.15) is 6.42 Å². The number of carbonyl (C=O) groups excluding carboxylic acids is 1. The summed E-state index contributed by atoms with van der Waals surface area (Å²) >= 11 is 0. The second-order valence-corrected chi connectivity index (χ2v) is 1.02. The first-order chi connectivity index (χ1) is 3.65. The van der Waals surface area contributed by atoms with E-state index >= 15 is 0 Å². The molecule has 0 saturated carbocycles. The van der Waals surface area contributed by atoms with Crippen LogP contribution in [0.15, 0.2) is 0 Å². The van der Waals surface area contributed by atoms with Gasteiger partial charge in [-0.25, -0.2) is 0 Å². The molecule has 0 aromatic carbocycles. The van der Waals surface area contributed by atoms with Gasteiger partial charge in [0.05, 0.1) is 0 Å². The van der Waals surface area contributed by atoms with E-state index in [0.717, 1.165) is 6.92 Å². The molecule has 58 valence electrons. The molecule has 0 rings (SSSR count). The van der Waals surface area contributed by atoms with Gasteiger partial charge in [-0.1, -0.05) is 6.92 Å². The molecule has 0 aliphatic rings. The Morgan fingerprint density at radius 1 is 1.67 bits per heavy atom. The van der Waals surface area contributed by atoms with E-state index in [4.69, 9.17) is 14.7 Å². The van der Waals surface area contributed by atoms with Crippen molar-refractivity contribution >= 4 is 12.3 Å². The molecule has 4 heteroatoms. The number of carboxylic acid groups (broad SMARTS) is 1. The summed E-state index contributed by atoms with van der Waals surface area (Å²) in [4.78, 5) is 18.0. The van der Waals surface area contributed by atoms with Crippen LogP contribution in [-0.2, 0) is 26.1 Å². The van der Waals surface area contributed by atoms with Gasteiger partial charge in [-0.15, -0.1) is 0 Å². The first kappa shape index (κ1) is 15.9. The quantitative estimate of drug-likeness (QED) is 0.469. The van der Waals surface area contributed by atoms with E-state index in [1.54, 1.807) is 13.2 Å². The first-order valence-electron chi connectivity index (χ1n) is 2.19. The van der Waals surface area contributed by atoms with Crippen molar-refractivity contribution in [3.63, 3.8) is 0 Å². The van der Waals surface area contributed by atoms with E-state index in [0.29, 0.717) is 6.42 Å². The Kier molecular flexibility index (Phi) is 27.6. The van der Waals surface area contributed by atoms with Crippen molar-refractivity contribution in [2.75, 3.05) is 0 Å². The average Bonchev–Trinajstić information content (AvgIpc) is 1.65. The number of hydrogen-bond acceptors (Lipinski definition) is 2. The molecule has 3 nitrogen and oxygen atoms in total. The largest absolute Gasteiger partial charge is 0.542 e. The minimum absolute atomic E-state index is 0. The predicted octanol–water partition coefficient (Wildman–Crippen LogP) is 0.595. The van der Waals surface area contributed by atoms with Crippen molar-refractivity contribution < 1.29 is 31.2 Å². The molecule has 0 aromatic heterocycles. The molecule has 0 amide bonds. The third kappa shape index (κ3) is 604. The molecule has 0 aromatic rings. The molecular weight excluding hydrogens is 167 g/mol. The Hall–Kier alpha value is -0.366. The minimum atomic E-state index is -0.833. The monoisotopic (exact) mass is 175 g/mol. The summed E-state index contributed by atoms with van der Waals surface area (Å²) in [7, 11) is 0. The van der Waals surface area contributed by atoms with Gasteiger partial charge in [0.15, 0.2) is 0 Å². The summed E-state index contributed by atoms with van der Waals surface area (Å²) in [5, 5.41) is 7.42. The van der Waals surface area contributed by atoms with Gasteiger partial charge in [-0.3, -0.25) is 11.1 Å². The summed E-state index contributed by atoms with van der Waals surface area (Å²) < 4.78 is 0. The predicted molar refractivity (Wildman–Crippen MR) is 29.3 cm³/mol. The fourth-order valence-electron chi connectivity index (χ4n) is 0. The normalized spacial score (nSPS) is 5.56. The summed E-state index contributed by atoms with van der Waals surface area (Å²) in [5.41, 5.74) is 0. The van der Waals surface area contributed by atoms with E-state index in [2.05, 4.69) is 0 Å². The fourth-order valence-corrected chi connectivity index (χ4v) is 0. The molecule has 0 atom stereocenters. The van der Waals surface area contributed by atoms with Crippen LogP contribution in [0.3, 0.4) is 0 Å². The van der Waals surface area contributed by atoms with Crippen molar-refractivity contribution in [3.05, 3.63) is 0 Å². The van der Waals surface area contributed by atoms with Crippen molar-refractivity contribution in [3.8, 4) is 0 Å². The fraction of sp³-hybridized carbons (Fsp3) is 0.600. The second-order valence-electron chi connectivity index (χ2n) is 1.02. The molecule has 0 aliphatic heterocycles. The topological polar surface area (TPSA) is 54.4 Å². The van der Waals surface area contributed by atoms with E-state index < -0.39 is 5.97 Å². The van der Waals surface area contributed by atoms with Gasteiger partial charge < -0.3 is 9.90 Å². The Balaban J connectivity index is -0.0000000720. The van der Waals surface area contributed by atoms with Gasteiger partial charge in [0.2, 0.25) is 0 Å². The average molecular weight is 176 g/mol. The van der Waals surface area contributed by atoms with Crippen LogP contribution in [0.2, 0.25) is 0 Å². The first-order valence-corrected chi connectivity index (χ1v) is 2.19. The smallest absolute Gasteiger partial charge is 0.300 e. The number of rotatable bonds is 1. The summed E-state index contributed by atoms with van der Waals surface area (Å²) in [6, 6.07) is 0. The van der Waals surface area contributed by atoms with Crippen molar-refractivity contribution in [2.45, 2.75) is 20.3 Å². The summed E-state index contributed by atoms with van der Waals surface area (Å²) in [6.07, 6.45) is 2.19. The van der Waals surface area contributed by atoms with E-state index in [1.807, 2.05) is 0 Å². The summed E-state index contributed by atoms with van der Waals surface area (Å²) in [6.45, 7) is 2.84. The molecule has 0 unspecified atom stereocenters. The molecule has 0 radical (unpaired) electrons. The van der Waals surface area contributed by atoms with Crippen LogP contribution in [0.4, 0.5) is 0 Å². The van der Waals surface area contributed by atoms with Gasteiger partial charge in [0, 0.05) is 23.4 Å². The Bertz CT molecular complexity index is 68.6. The Morgan fingerprint density at radius 3 is 1.78 bits per heavy atom. The maximum absolute atomic E-state index is 9.05. The second kappa shape index (κ2) is 15.6. The molecule has 0 aliphatic carbocycles. The molecular formula is C5H9NiO3-. The van der Waals surface area contributed by atoms with Crippen LogP contribution >= 0.6 is 0 Å². The third-order valence-electron chi connectivity index (χ3n) is 0.144. The van der Waals surface area contributed by atoms with Crippen molar-refractivity contribution in [1.82, 2.24) is 0 Å². The van der Waals surface area contributed by atoms with Gasteiger partial charge in [-0.05, 0) is 0 Å². The van der Waals surface area contributed by atoms with E-state index in [1.165, 1.54) is 0 Å². The molecule has 0 spiro atoms. The minimum Gasteiger partial charge on any atom is -0.542 e. The van der Waals surface area contributed by atoms with Gasteiger partial charge in [0.25, 0.3) is 5.97 Å². The SMILES string of the molecule is CC(=O)O.CC[C-]=O.[Ni]. The van der Waals surface area contributed by atoms with E-state index in [9.17, 15) is 0 Å². The van der Waals surface area contributed by atoms with Crippen LogP contribution in [0.5, 0.6) is 0 Å².